The quantitative estimate of drug-likeness (QED) is 0.388. The molecule has 0 atom stereocenters. The van der Waals surface area contributed by atoms with Crippen molar-refractivity contribution in [3.8, 4) is 5.95 Å². The zero-order valence-electron chi connectivity index (χ0n) is 19.9. The summed E-state index contributed by atoms with van der Waals surface area (Å²) in [6.07, 6.45) is 3.63. The molecule has 4 rings (SSSR count). The molecule has 0 saturated heterocycles. The summed E-state index contributed by atoms with van der Waals surface area (Å²) in [6.45, 7) is 9.40. The summed E-state index contributed by atoms with van der Waals surface area (Å²) < 4.78 is 9.58. The predicted molar refractivity (Wildman–Crippen MR) is 129 cm³/mol. The lowest BCUT2D eigenvalue weighted by Crippen LogP contribution is -2.38. The molecule has 11 heteroatoms. The van der Waals surface area contributed by atoms with E-state index in [1.54, 1.807) is 34.6 Å². The summed E-state index contributed by atoms with van der Waals surface area (Å²) in [5, 5.41) is 4.80. The zero-order chi connectivity index (χ0) is 24.7. The molecule has 0 saturated carbocycles. The maximum Gasteiger partial charge on any atom is 0.340 e. The number of fused-ring (bicyclic) bond motifs is 1. The first kappa shape index (κ1) is 23.6. The van der Waals surface area contributed by atoms with Crippen LogP contribution < -0.4 is 11.2 Å². The van der Waals surface area contributed by atoms with Crippen molar-refractivity contribution in [2.75, 3.05) is 6.61 Å². The van der Waals surface area contributed by atoms with Crippen molar-refractivity contribution in [2.24, 2.45) is 7.05 Å². The van der Waals surface area contributed by atoms with E-state index in [-0.39, 0.29) is 23.6 Å². The van der Waals surface area contributed by atoms with Crippen LogP contribution in [0.25, 0.3) is 16.2 Å². The van der Waals surface area contributed by atoms with Gasteiger partial charge in [0, 0.05) is 48.0 Å². The Morgan fingerprint density at radius 3 is 2.47 bits per heavy atom. The van der Waals surface area contributed by atoms with Crippen LogP contribution in [0.3, 0.4) is 0 Å². The monoisotopic (exact) mass is 482 g/mol. The van der Waals surface area contributed by atoms with Gasteiger partial charge in [-0.3, -0.25) is 13.9 Å². The minimum Gasteiger partial charge on any atom is -0.462 e. The van der Waals surface area contributed by atoms with E-state index in [9.17, 15) is 14.4 Å². The molecule has 0 N–H and O–H groups in total. The third kappa shape index (κ3) is 3.75. The second-order valence-electron chi connectivity index (χ2n) is 8.20. The molecule has 0 amide bonds. The van der Waals surface area contributed by atoms with Gasteiger partial charge in [0.15, 0.2) is 0 Å². The van der Waals surface area contributed by atoms with Gasteiger partial charge in [0.05, 0.1) is 23.3 Å². The van der Waals surface area contributed by atoms with Gasteiger partial charge in [0.1, 0.15) is 4.83 Å². The van der Waals surface area contributed by atoms with Crippen molar-refractivity contribution < 1.29 is 9.53 Å². The van der Waals surface area contributed by atoms with Gasteiger partial charge in [-0.25, -0.2) is 24.2 Å². The summed E-state index contributed by atoms with van der Waals surface area (Å²) in [6, 6.07) is 1.53. The van der Waals surface area contributed by atoms with Gasteiger partial charge < -0.3 is 4.74 Å². The Morgan fingerprint density at radius 2 is 1.85 bits per heavy atom. The van der Waals surface area contributed by atoms with E-state index in [1.165, 1.54) is 18.4 Å². The summed E-state index contributed by atoms with van der Waals surface area (Å²) in [5.74, 6) is -0.136. The van der Waals surface area contributed by atoms with Crippen LogP contribution in [0.5, 0.6) is 0 Å². The Kier molecular flexibility index (Phi) is 6.22. The van der Waals surface area contributed by atoms with Crippen molar-refractivity contribution in [1.82, 2.24) is 28.9 Å². The van der Waals surface area contributed by atoms with E-state index in [0.29, 0.717) is 22.1 Å². The number of aryl methyl sites for hydroxylation is 1. The molecule has 178 valence electrons. The zero-order valence-corrected chi connectivity index (χ0v) is 20.8. The molecule has 0 unspecified atom stereocenters. The summed E-state index contributed by atoms with van der Waals surface area (Å²) >= 11 is 1.27. The van der Waals surface area contributed by atoms with Crippen LogP contribution in [0.15, 0.2) is 28.0 Å². The van der Waals surface area contributed by atoms with E-state index >= 15 is 0 Å². The number of thiophene rings is 1. The Balaban J connectivity index is 1.98. The number of carbonyl (C=O) groups is 1. The van der Waals surface area contributed by atoms with Crippen molar-refractivity contribution in [3.05, 3.63) is 66.7 Å². The van der Waals surface area contributed by atoms with Gasteiger partial charge in [-0.15, -0.1) is 11.3 Å². The summed E-state index contributed by atoms with van der Waals surface area (Å²) in [4.78, 5) is 48.8. The fourth-order valence-electron chi connectivity index (χ4n) is 4.02. The lowest BCUT2D eigenvalue weighted by molar-refractivity contribution is 0.0528. The number of nitrogens with zero attached hydrogens (tertiary/aromatic N) is 6. The summed E-state index contributed by atoms with van der Waals surface area (Å²) in [5.41, 5.74) is 1.75. The molecule has 0 bridgehead atoms. The van der Waals surface area contributed by atoms with E-state index in [0.717, 1.165) is 21.5 Å². The molecule has 34 heavy (non-hydrogen) atoms. The molecule has 0 fully saturated rings. The van der Waals surface area contributed by atoms with E-state index in [4.69, 9.17) is 4.74 Å². The Morgan fingerprint density at radius 1 is 1.18 bits per heavy atom. The SMILES string of the molecule is CCOC(=O)c1c(Cc2c(C)nn(-c3ncccn3)c2C)sc2c1c(=O)n(C)c(=O)n2C(C)C. The lowest BCUT2D eigenvalue weighted by Gasteiger charge is -2.12. The molecule has 0 radical (unpaired) electrons. The van der Waals surface area contributed by atoms with Crippen LogP contribution in [0.4, 0.5) is 0 Å². The van der Waals surface area contributed by atoms with E-state index in [2.05, 4.69) is 15.1 Å². The molecular weight excluding hydrogens is 456 g/mol. The van der Waals surface area contributed by atoms with Crippen LogP contribution in [0, 0.1) is 13.8 Å². The average molecular weight is 483 g/mol. The van der Waals surface area contributed by atoms with Crippen LogP contribution in [-0.2, 0) is 18.2 Å². The maximum atomic E-state index is 13.2. The van der Waals surface area contributed by atoms with Gasteiger partial charge >= 0.3 is 11.7 Å². The van der Waals surface area contributed by atoms with Gasteiger partial charge in [-0.1, -0.05) is 0 Å². The number of hydrogen-bond acceptors (Lipinski definition) is 8. The Labute approximate surface area is 199 Å². The normalized spacial score (nSPS) is 11.5. The highest BCUT2D eigenvalue weighted by molar-refractivity contribution is 7.19. The first-order valence-electron chi connectivity index (χ1n) is 10.9. The minimum atomic E-state index is -0.580. The minimum absolute atomic E-state index is 0.168. The number of hydrogen-bond donors (Lipinski definition) is 0. The smallest absolute Gasteiger partial charge is 0.340 e. The maximum absolute atomic E-state index is 13.2. The largest absolute Gasteiger partial charge is 0.462 e. The van der Waals surface area contributed by atoms with Crippen molar-refractivity contribution >= 4 is 27.5 Å². The molecule has 0 aliphatic heterocycles. The third-order valence-electron chi connectivity index (χ3n) is 5.71. The second kappa shape index (κ2) is 8.98. The average Bonchev–Trinajstić information content (AvgIpc) is 3.31. The van der Waals surface area contributed by atoms with E-state index in [1.807, 2.05) is 27.7 Å². The first-order valence-corrected chi connectivity index (χ1v) is 11.7. The summed E-state index contributed by atoms with van der Waals surface area (Å²) in [7, 11) is 1.42. The number of ether oxygens (including phenoxy) is 1. The standard InChI is InChI=1S/C23H26N6O4S/c1-7-33-21(31)17-16(34-20-18(17)19(30)27(6)23(32)28(20)12(2)3)11-15-13(4)26-29(14(15)5)22-24-9-8-10-25-22/h8-10,12H,7,11H2,1-6H3. The van der Waals surface area contributed by atoms with Crippen LogP contribution in [-0.4, -0.2) is 41.5 Å². The Hall–Kier alpha value is -3.60. The van der Waals surface area contributed by atoms with Gasteiger partial charge in [0.2, 0.25) is 0 Å². The van der Waals surface area contributed by atoms with Crippen molar-refractivity contribution in [1.29, 1.82) is 0 Å². The van der Waals surface area contributed by atoms with Crippen LogP contribution in [0.2, 0.25) is 0 Å². The van der Waals surface area contributed by atoms with Gasteiger partial charge in [-0.05, 0) is 40.7 Å². The number of rotatable bonds is 6. The molecule has 0 spiro atoms. The molecular formula is C23H26N6O4S. The number of aromatic nitrogens is 6. The highest BCUT2D eigenvalue weighted by Crippen LogP contribution is 2.33. The highest BCUT2D eigenvalue weighted by atomic mass is 32.1. The highest BCUT2D eigenvalue weighted by Gasteiger charge is 2.28. The molecule has 0 aliphatic rings. The molecule has 4 heterocycles. The van der Waals surface area contributed by atoms with Crippen LogP contribution >= 0.6 is 11.3 Å². The Bertz CT molecular complexity index is 1510. The molecule has 4 aromatic rings. The number of carbonyl (C=O) groups excluding carboxylic acids is 1. The molecule has 10 nitrogen and oxygen atoms in total. The molecule has 4 aromatic heterocycles. The third-order valence-corrected chi connectivity index (χ3v) is 6.90. The fraction of sp³-hybridized carbons (Fsp3) is 0.391. The topological polar surface area (TPSA) is 114 Å². The van der Waals surface area contributed by atoms with Crippen molar-refractivity contribution in [3.63, 3.8) is 0 Å². The number of esters is 1. The van der Waals surface area contributed by atoms with Crippen LogP contribution in [0.1, 0.15) is 59.0 Å². The lowest BCUT2D eigenvalue weighted by atomic mass is 10.0. The van der Waals surface area contributed by atoms with Gasteiger partial charge in [0.25, 0.3) is 11.5 Å². The molecule has 0 aromatic carbocycles. The second-order valence-corrected chi connectivity index (χ2v) is 9.28. The van der Waals surface area contributed by atoms with Crippen molar-refractivity contribution in [2.45, 2.75) is 47.1 Å². The fourth-order valence-corrected chi connectivity index (χ4v) is 5.44. The van der Waals surface area contributed by atoms with E-state index < -0.39 is 17.2 Å². The molecule has 0 aliphatic carbocycles. The first-order chi connectivity index (χ1) is 16.2. The predicted octanol–water partition coefficient (Wildman–Crippen LogP) is 2.70. The van der Waals surface area contributed by atoms with Gasteiger partial charge in [-0.2, -0.15) is 5.10 Å².